The maximum atomic E-state index is 12.0. The van der Waals surface area contributed by atoms with Gasteiger partial charge in [0.25, 0.3) is 0 Å². The molecule has 1 amide bonds. The molecule has 0 aliphatic carbocycles. The Labute approximate surface area is 102 Å². The van der Waals surface area contributed by atoms with Gasteiger partial charge in [0.15, 0.2) is 0 Å². The van der Waals surface area contributed by atoms with Gasteiger partial charge in [-0.15, -0.1) is 0 Å². The number of hydrogen-bond donors (Lipinski definition) is 1. The molecule has 17 heavy (non-hydrogen) atoms. The molecule has 1 N–H and O–H groups in total. The molecule has 1 aliphatic rings. The molecule has 0 unspecified atom stereocenters. The molecule has 92 valence electrons. The lowest BCUT2D eigenvalue weighted by molar-refractivity contribution is -0.131. The van der Waals surface area contributed by atoms with Gasteiger partial charge in [-0.25, -0.2) is 0 Å². The van der Waals surface area contributed by atoms with E-state index < -0.39 is 12.1 Å². The molecule has 2 atom stereocenters. The number of nitriles is 2. The normalized spacial score (nSPS) is 24.2. The van der Waals surface area contributed by atoms with Crippen LogP contribution < -0.4 is 5.32 Å². The van der Waals surface area contributed by atoms with Crippen LogP contribution in [0.3, 0.4) is 0 Å². The predicted octanol–water partition coefficient (Wildman–Crippen LogP) is 0.781. The maximum absolute atomic E-state index is 12.0. The fraction of sp³-hybridized carbons (Fsp3) is 0.750. The number of nitrogens with one attached hydrogen (secondary N) is 1. The average Bonchev–Trinajstić information content (AvgIpc) is 2.67. The van der Waals surface area contributed by atoms with Crippen molar-refractivity contribution in [3.63, 3.8) is 0 Å². The van der Waals surface area contributed by atoms with Gasteiger partial charge in [-0.1, -0.05) is 0 Å². The van der Waals surface area contributed by atoms with Crippen molar-refractivity contribution in [2.45, 2.75) is 51.2 Å². The highest BCUT2D eigenvalue weighted by Gasteiger charge is 2.36. The molecule has 0 saturated carbocycles. The molecule has 1 aliphatic heterocycles. The largest absolute Gasteiger partial charge is 0.310 e. The summed E-state index contributed by atoms with van der Waals surface area (Å²) in [7, 11) is 0. The molecule has 0 radical (unpaired) electrons. The van der Waals surface area contributed by atoms with E-state index in [-0.39, 0.29) is 18.0 Å². The van der Waals surface area contributed by atoms with E-state index in [2.05, 4.69) is 17.5 Å². The van der Waals surface area contributed by atoms with Crippen LogP contribution in [0.5, 0.6) is 0 Å². The first-order valence-corrected chi connectivity index (χ1v) is 5.74. The molecule has 0 aromatic rings. The molecule has 1 saturated heterocycles. The van der Waals surface area contributed by atoms with Crippen molar-refractivity contribution in [2.75, 3.05) is 6.54 Å². The molecule has 5 nitrogen and oxygen atoms in total. The summed E-state index contributed by atoms with van der Waals surface area (Å²) in [4.78, 5) is 13.4. The first-order valence-electron chi connectivity index (χ1n) is 5.74. The van der Waals surface area contributed by atoms with Crippen molar-refractivity contribution in [2.24, 2.45) is 0 Å². The fourth-order valence-electron chi connectivity index (χ4n) is 1.84. The molecule has 1 heterocycles. The van der Waals surface area contributed by atoms with Gasteiger partial charge >= 0.3 is 0 Å². The Morgan fingerprint density at radius 1 is 1.29 bits per heavy atom. The van der Waals surface area contributed by atoms with Gasteiger partial charge in [0, 0.05) is 5.54 Å². The second-order valence-corrected chi connectivity index (χ2v) is 5.27. The number of amides is 1. The number of hydrogen-bond acceptors (Lipinski definition) is 4. The second kappa shape index (κ2) is 5.16. The van der Waals surface area contributed by atoms with E-state index in [0.29, 0.717) is 12.8 Å². The van der Waals surface area contributed by atoms with Crippen LogP contribution in [0.25, 0.3) is 0 Å². The van der Waals surface area contributed by atoms with E-state index in [1.165, 1.54) is 4.90 Å². The fourth-order valence-corrected chi connectivity index (χ4v) is 1.84. The van der Waals surface area contributed by atoms with Crippen molar-refractivity contribution < 1.29 is 4.79 Å². The van der Waals surface area contributed by atoms with Crippen molar-refractivity contribution in [3.8, 4) is 12.1 Å². The van der Waals surface area contributed by atoms with Crippen LogP contribution in [0, 0.1) is 22.7 Å². The van der Waals surface area contributed by atoms with Crippen LogP contribution in [0.1, 0.15) is 33.6 Å². The van der Waals surface area contributed by atoms with Gasteiger partial charge in [0.2, 0.25) is 5.91 Å². The molecule has 1 fully saturated rings. The first kappa shape index (κ1) is 13.5. The van der Waals surface area contributed by atoms with E-state index in [1.54, 1.807) is 0 Å². The molecule has 5 heteroatoms. The van der Waals surface area contributed by atoms with E-state index in [9.17, 15) is 4.79 Å². The smallest absolute Gasteiger partial charge is 0.238 e. The summed E-state index contributed by atoms with van der Waals surface area (Å²) in [5, 5.41) is 21.0. The summed E-state index contributed by atoms with van der Waals surface area (Å²) >= 11 is 0. The molecular formula is C12H18N4O. The topological polar surface area (TPSA) is 79.9 Å². The highest BCUT2D eigenvalue weighted by Crippen LogP contribution is 2.23. The maximum Gasteiger partial charge on any atom is 0.238 e. The zero-order valence-electron chi connectivity index (χ0n) is 10.5. The summed E-state index contributed by atoms with van der Waals surface area (Å²) in [6, 6.07) is 3.26. The van der Waals surface area contributed by atoms with Crippen LogP contribution >= 0.6 is 0 Å². The van der Waals surface area contributed by atoms with Crippen LogP contribution in [-0.2, 0) is 4.79 Å². The van der Waals surface area contributed by atoms with Crippen LogP contribution in [-0.4, -0.2) is 35.0 Å². The van der Waals surface area contributed by atoms with Gasteiger partial charge in [-0.05, 0) is 33.6 Å². The summed E-state index contributed by atoms with van der Waals surface area (Å²) in [5.74, 6) is -0.171. The molecule has 0 aromatic carbocycles. The molecule has 0 spiro atoms. The second-order valence-electron chi connectivity index (χ2n) is 5.27. The van der Waals surface area contributed by atoms with Crippen LogP contribution in [0.4, 0.5) is 0 Å². The van der Waals surface area contributed by atoms with Gasteiger partial charge in [-0.3, -0.25) is 4.79 Å². The van der Waals surface area contributed by atoms with E-state index in [0.717, 1.165) is 0 Å². The highest BCUT2D eigenvalue weighted by atomic mass is 16.2. The van der Waals surface area contributed by atoms with Gasteiger partial charge in [-0.2, -0.15) is 10.5 Å². The molecule has 0 bridgehead atoms. The lowest BCUT2D eigenvalue weighted by Crippen LogP contribution is -2.48. The minimum atomic E-state index is -0.450. The minimum Gasteiger partial charge on any atom is -0.310 e. The average molecular weight is 234 g/mol. The minimum absolute atomic E-state index is 0.153. The van der Waals surface area contributed by atoms with Gasteiger partial charge in [0.05, 0.1) is 18.7 Å². The Bertz CT molecular complexity index is 349. The summed E-state index contributed by atoms with van der Waals surface area (Å²) in [5.41, 5.74) is -0.153. The Morgan fingerprint density at radius 2 is 1.76 bits per heavy atom. The Hall–Kier alpha value is -1.59. The Kier molecular flexibility index (Phi) is 4.09. The number of carbonyl (C=O) groups excluding carboxylic acids is 1. The van der Waals surface area contributed by atoms with Gasteiger partial charge in [0.1, 0.15) is 12.1 Å². The first-order chi connectivity index (χ1) is 7.89. The SMILES string of the molecule is CC(C)(C)NCC(=O)N1[C@@H](C#N)CC[C@@H]1C#N. The third-order valence-corrected chi connectivity index (χ3v) is 2.74. The summed E-state index contributed by atoms with van der Waals surface area (Å²) in [6.07, 6.45) is 1.19. The van der Waals surface area contributed by atoms with Crippen LogP contribution in [0.15, 0.2) is 0 Å². The zero-order valence-corrected chi connectivity index (χ0v) is 10.5. The van der Waals surface area contributed by atoms with E-state index in [4.69, 9.17) is 10.5 Å². The van der Waals surface area contributed by atoms with Crippen LogP contribution in [0.2, 0.25) is 0 Å². The molecular weight excluding hydrogens is 216 g/mol. The summed E-state index contributed by atoms with van der Waals surface area (Å²) < 4.78 is 0. The third-order valence-electron chi connectivity index (χ3n) is 2.74. The van der Waals surface area contributed by atoms with Gasteiger partial charge < -0.3 is 10.2 Å². The van der Waals surface area contributed by atoms with Crippen molar-refractivity contribution in [1.29, 1.82) is 10.5 Å². The standard InChI is InChI=1S/C12H18N4O/c1-12(2,3)15-8-11(17)16-9(6-13)4-5-10(16)7-14/h9-10,15H,4-5,8H2,1-3H3/t9-,10-/m1/s1. The van der Waals surface area contributed by atoms with Crippen molar-refractivity contribution in [1.82, 2.24) is 10.2 Å². The highest BCUT2D eigenvalue weighted by molar-refractivity contribution is 5.80. The molecule has 0 aromatic heterocycles. The number of carbonyl (C=O) groups is 1. The number of likely N-dealkylation sites (tertiary alicyclic amines) is 1. The number of rotatable bonds is 2. The molecule has 1 rings (SSSR count). The predicted molar refractivity (Wildman–Crippen MR) is 62.6 cm³/mol. The van der Waals surface area contributed by atoms with E-state index >= 15 is 0 Å². The quantitative estimate of drug-likeness (QED) is 0.765. The number of nitrogens with zero attached hydrogens (tertiary/aromatic N) is 3. The van der Waals surface area contributed by atoms with Crippen molar-refractivity contribution >= 4 is 5.91 Å². The van der Waals surface area contributed by atoms with E-state index in [1.807, 2.05) is 20.8 Å². The third kappa shape index (κ3) is 3.44. The summed E-state index contributed by atoms with van der Waals surface area (Å²) in [6.45, 7) is 6.06. The lowest BCUT2D eigenvalue weighted by Gasteiger charge is -2.26. The Balaban J connectivity index is 2.66. The monoisotopic (exact) mass is 234 g/mol. The van der Waals surface area contributed by atoms with Crippen molar-refractivity contribution in [3.05, 3.63) is 0 Å². The lowest BCUT2D eigenvalue weighted by atomic mass is 10.1. The Morgan fingerprint density at radius 3 is 2.12 bits per heavy atom. The zero-order chi connectivity index (χ0) is 13.1.